The molecule has 3 rings (SSSR count). The van der Waals surface area contributed by atoms with Crippen molar-refractivity contribution < 1.29 is 9.31 Å². The van der Waals surface area contributed by atoms with Crippen LogP contribution in [-0.2, 0) is 9.31 Å². The molecule has 2 saturated heterocycles. The van der Waals surface area contributed by atoms with Crippen molar-refractivity contribution in [1.29, 1.82) is 0 Å². The van der Waals surface area contributed by atoms with Crippen molar-refractivity contribution in [2.75, 3.05) is 13.1 Å². The summed E-state index contributed by atoms with van der Waals surface area (Å²) in [6.45, 7) is 9.88. The van der Waals surface area contributed by atoms with Crippen molar-refractivity contribution >= 4 is 20.6 Å². The third kappa shape index (κ3) is 2.14. The number of rotatable bonds is 2. The van der Waals surface area contributed by atoms with E-state index in [0.717, 1.165) is 18.6 Å². The van der Waals surface area contributed by atoms with Crippen LogP contribution < -0.4 is 5.46 Å². The SMILES string of the molecule is [B]N1CC(n2cc(B3OC(C)(C)C(C)(C)O3)cn2)C1. The lowest BCUT2D eigenvalue weighted by Gasteiger charge is -2.36. The van der Waals surface area contributed by atoms with Gasteiger partial charge in [0.05, 0.1) is 17.2 Å². The molecule has 0 unspecified atom stereocenters. The summed E-state index contributed by atoms with van der Waals surface area (Å²) >= 11 is 0. The lowest BCUT2D eigenvalue weighted by molar-refractivity contribution is 0.00578. The monoisotopic (exact) mass is 259 g/mol. The van der Waals surface area contributed by atoms with Crippen molar-refractivity contribution in [2.24, 2.45) is 0 Å². The number of hydrogen-bond acceptors (Lipinski definition) is 4. The van der Waals surface area contributed by atoms with Crippen molar-refractivity contribution in [1.82, 2.24) is 14.6 Å². The van der Waals surface area contributed by atoms with Gasteiger partial charge < -0.3 is 14.1 Å². The molecule has 0 aromatic carbocycles. The summed E-state index contributed by atoms with van der Waals surface area (Å²) in [5.41, 5.74) is 0.336. The smallest absolute Gasteiger partial charge is 0.399 e. The zero-order valence-corrected chi connectivity index (χ0v) is 12.0. The summed E-state index contributed by atoms with van der Waals surface area (Å²) in [6.07, 6.45) is 3.82. The van der Waals surface area contributed by atoms with Gasteiger partial charge in [0.15, 0.2) is 7.98 Å². The molecule has 1 aromatic rings. The Bertz CT molecular complexity index is 467. The van der Waals surface area contributed by atoms with Crippen LogP contribution >= 0.6 is 0 Å². The Morgan fingerprint density at radius 1 is 1.26 bits per heavy atom. The van der Waals surface area contributed by atoms with Crippen LogP contribution in [0.15, 0.2) is 12.4 Å². The van der Waals surface area contributed by atoms with E-state index in [4.69, 9.17) is 17.3 Å². The molecule has 0 aliphatic carbocycles. The van der Waals surface area contributed by atoms with Crippen LogP contribution in [0.4, 0.5) is 0 Å². The summed E-state index contributed by atoms with van der Waals surface area (Å²) in [5, 5.41) is 4.39. The molecule has 0 bridgehead atoms. The first kappa shape index (κ1) is 13.2. The third-order valence-corrected chi connectivity index (χ3v) is 4.41. The summed E-state index contributed by atoms with van der Waals surface area (Å²) in [6, 6.07) is 0.362. The molecular weight excluding hydrogens is 240 g/mol. The summed E-state index contributed by atoms with van der Waals surface area (Å²) < 4.78 is 14.0. The minimum absolute atomic E-state index is 0.315. The van der Waals surface area contributed by atoms with E-state index in [1.54, 1.807) is 4.81 Å². The molecule has 2 fully saturated rings. The van der Waals surface area contributed by atoms with Crippen LogP contribution in [-0.4, -0.2) is 54.0 Å². The molecule has 1 aromatic heterocycles. The normalized spacial score (nSPS) is 26.6. The van der Waals surface area contributed by atoms with E-state index >= 15 is 0 Å². The molecule has 5 nitrogen and oxygen atoms in total. The minimum Gasteiger partial charge on any atom is -0.399 e. The van der Waals surface area contributed by atoms with Crippen molar-refractivity contribution in [3.63, 3.8) is 0 Å². The first-order valence-electron chi connectivity index (χ1n) is 6.68. The van der Waals surface area contributed by atoms with Crippen LogP contribution in [0.3, 0.4) is 0 Å². The quantitative estimate of drug-likeness (QED) is 0.707. The molecule has 2 aliphatic rings. The molecule has 0 saturated carbocycles. The van der Waals surface area contributed by atoms with E-state index in [1.165, 1.54) is 0 Å². The highest BCUT2D eigenvalue weighted by atomic mass is 16.7. The van der Waals surface area contributed by atoms with Crippen LogP contribution in [0.2, 0.25) is 0 Å². The maximum absolute atomic E-state index is 6.01. The van der Waals surface area contributed by atoms with Crippen LogP contribution in [0.1, 0.15) is 33.7 Å². The molecular formula is C12H19B2N3O2. The van der Waals surface area contributed by atoms with E-state index in [0.29, 0.717) is 6.04 Å². The van der Waals surface area contributed by atoms with Crippen LogP contribution in [0.25, 0.3) is 0 Å². The molecule has 0 N–H and O–H groups in total. The Balaban J connectivity index is 1.74. The Morgan fingerprint density at radius 3 is 2.37 bits per heavy atom. The fourth-order valence-electron chi connectivity index (χ4n) is 2.31. The largest absolute Gasteiger partial charge is 0.498 e. The lowest BCUT2D eigenvalue weighted by Crippen LogP contribution is -2.46. The second kappa shape index (κ2) is 4.11. The zero-order valence-electron chi connectivity index (χ0n) is 12.0. The second-order valence-electron chi connectivity index (χ2n) is 6.45. The Kier molecular flexibility index (Phi) is 2.86. The number of hydrogen-bond donors (Lipinski definition) is 0. The number of aromatic nitrogens is 2. The lowest BCUT2D eigenvalue weighted by atomic mass is 9.82. The van der Waals surface area contributed by atoms with Gasteiger partial charge in [-0.2, -0.15) is 5.10 Å². The van der Waals surface area contributed by atoms with Gasteiger partial charge in [0.2, 0.25) is 0 Å². The zero-order chi connectivity index (χ0) is 13.8. The van der Waals surface area contributed by atoms with Crippen molar-refractivity contribution in [3.8, 4) is 0 Å². The predicted octanol–water partition coefficient (Wildman–Crippen LogP) is 0.122. The molecule has 0 amide bonds. The fraction of sp³-hybridized carbons (Fsp3) is 0.750. The van der Waals surface area contributed by atoms with Gasteiger partial charge in [-0.15, -0.1) is 0 Å². The highest BCUT2D eigenvalue weighted by molar-refractivity contribution is 6.62. The molecule has 7 heteroatoms. The molecule has 19 heavy (non-hydrogen) atoms. The topological polar surface area (TPSA) is 39.5 Å². The molecule has 100 valence electrons. The molecule has 0 spiro atoms. The second-order valence-corrected chi connectivity index (χ2v) is 6.45. The van der Waals surface area contributed by atoms with Gasteiger partial charge in [0, 0.05) is 30.9 Å². The molecule has 3 heterocycles. The Labute approximate surface area is 115 Å². The molecule has 0 atom stereocenters. The van der Waals surface area contributed by atoms with Gasteiger partial charge in [0.1, 0.15) is 0 Å². The van der Waals surface area contributed by atoms with E-state index in [-0.39, 0.29) is 18.3 Å². The summed E-state index contributed by atoms with van der Waals surface area (Å²) in [7, 11) is 5.31. The van der Waals surface area contributed by atoms with E-state index in [1.807, 2.05) is 17.1 Å². The standard InChI is InChI=1S/C12H19B2N3O2/c1-11(2)12(3,4)19-14(18-11)9-5-15-17(6-9)10-7-16(13)8-10/h5-6,10H,7-8H2,1-4H3. The van der Waals surface area contributed by atoms with Gasteiger partial charge in [-0.3, -0.25) is 4.68 Å². The average Bonchev–Trinajstić information content (AvgIpc) is 2.78. The highest BCUT2D eigenvalue weighted by Crippen LogP contribution is 2.36. The highest BCUT2D eigenvalue weighted by Gasteiger charge is 2.52. The van der Waals surface area contributed by atoms with Gasteiger partial charge in [-0.1, -0.05) is 0 Å². The maximum Gasteiger partial charge on any atom is 0.498 e. The van der Waals surface area contributed by atoms with E-state index in [2.05, 4.69) is 32.8 Å². The van der Waals surface area contributed by atoms with Crippen LogP contribution in [0.5, 0.6) is 0 Å². The van der Waals surface area contributed by atoms with Gasteiger partial charge in [-0.25, -0.2) is 0 Å². The van der Waals surface area contributed by atoms with Crippen molar-refractivity contribution in [2.45, 2.75) is 44.9 Å². The number of nitrogens with zero attached hydrogens (tertiary/aromatic N) is 3. The average molecular weight is 259 g/mol. The summed E-state index contributed by atoms with van der Waals surface area (Å²) in [5.74, 6) is 0. The van der Waals surface area contributed by atoms with Gasteiger partial charge in [0.25, 0.3) is 0 Å². The third-order valence-electron chi connectivity index (χ3n) is 4.41. The van der Waals surface area contributed by atoms with E-state index in [9.17, 15) is 0 Å². The fourth-order valence-corrected chi connectivity index (χ4v) is 2.31. The van der Waals surface area contributed by atoms with Crippen molar-refractivity contribution in [3.05, 3.63) is 12.4 Å². The molecule has 2 radical (unpaired) electrons. The Hall–Kier alpha value is -0.780. The van der Waals surface area contributed by atoms with Gasteiger partial charge in [-0.05, 0) is 27.7 Å². The van der Waals surface area contributed by atoms with E-state index < -0.39 is 0 Å². The van der Waals surface area contributed by atoms with Crippen LogP contribution in [0, 0.1) is 0 Å². The minimum atomic E-state index is -0.340. The van der Waals surface area contributed by atoms with Gasteiger partial charge >= 0.3 is 7.12 Å². The maximum atomic E-state index is 6.01. The molecule has 2 aliphatic heterocycles. The first-order valence-corrected chi connectivity index (χ1v) is 6.68. The predicted molar refractivity (Wildman–Crippen MR) is 74.3 cm³/mol. The first-order chi connectivity index (χ1) is 8.78. The Morgan fingerprint density at radius 2 is 1.84 bits per heavy atom. The summed E-state index contributed by atoms with van der Waals surface area (Å²) in [4.78, 5) is 1.78.